The molecule has 0 saturated carbocycles. The van der Waals surface area contributed by atoms with Crippen molar-refractivity contribution in [3.63, 3.8) is 0 Å². The Hall–Kier alpha value is -0.940. The highest BCUT2D eigenvalue weighted by Gasteiger charge is 2.20. The van der Waals surface area contributed by atoms with E-state index in [2.05, 4.69) is 4.98 Å². The van der Waals surface area contributed by atoms with E-state index in [9.17, 15) is 8.78 Å². The summed E-state index contributed by atoms with van der Waals surface area (Å²) >= 11 is 5.72. The first-order valence-electron chi connectivity index (χ1n) is 3.81. The summed E-state index contributed by atoms with van der Waals surface area (Å²) in [5.41, 5.74) is 5.27. The van der Waals surface area contributed by atoms with E-state index >= 15 is 0 Å². The topological polar surface area (TPSA) is 48.1 Å². The number of rotatable bonds is 3. The molecule has 3 nitrogen and oxygen atoms in total. The van der Waals surface area contributed by atoms with Gasteiger partial charge in [-0.15, -0.1) is 0 Å². The molecule has 1 aromatic rings. The van der Waals surface area contributed by atoms with Gasteiger partial charge in [0.15, 0.2) is 5.75 Å². The van der Waals surface area contributed by atoms with Crippen molar-refractivity contribution in [2.45, 2.75) is 13.0 Å². The molecule has 0 saturated heterocycles. The van der Waals surface area contributed by atoms with Crippen molar-refractivity contribution in [2.75, 3.05) is 7.11 Å². The van der Waals surface area contributed by atoms with Gasteiger partial charge in [0.05, 0.1) is 12.1 Å². The Balaban J connectivity index is 3.33. The average Bonchev–Trinajstić information content (AvgIpc) is 2.16. The first kappa shape index (κ1) is 11.1. The maximum absolute atomic E-state index is 12.4. The molecule has 0 radical (unpaired) electrons. The van der Waals surface area contributed by atoms with Crippen molar-refractivity contribution in [3.05, 3.63) is 22.5 Å². The van der Waals surface area contributed by atoms with Crippen LogP contribution in [0.25, 0.3) is 0 Å². The van der Waals surface area contributed by atoms with Crippen molar-refractivity contribution >= 4 is 11.6 Å². The van der Waals surface area contributed by atoms with E-state index in [4.69, 9.17) is 22.1 Å². The molecule has 14 heavy (non-hydrogen) atoms. The van der Waals surface area contributed by atoms with E-state index in [1.807, 2.05) is 0 Å². The molecule has 0 aliphatic carbocycles. The zero-order valence-corrected chi connectivity index (χ0v) is 8.18. The van der Waals surface area contributed by atoms with Crippen LogP contribution in [0.3, 0.4) is 0 Å². The standard InChI is InChI=1S/C8H9ClF2N2O/c1-14-7-4(2-12)5(9)3-13-6(7)8(10)11/h3,8H,2,12H2,1H3. The molecule has 0 aliphatic rings. The lowest BCUT2D eigenvalue weighted by atomic mass is 10.2. The van der Waals surface area contributed by atoms with Crippen LogP contribution in [0.1, 0.15) is 17.7 Å². The summed E-state index contributed by atoms with van der Waals surface area (Å²) in [5.74, 6) is -0.0324. The summed E-state index contributed by atoms with van der Waals surface area (Å²) in [6.07, 6.45) is -1.55. The molecule has 1 heterocycles. The molecular formula is C8H9ClF2N2O. The number of halogens is 3. The summed E-state index contributed by atoms with van der Waals surface area (Å²) in [5, 5.41) is 0.230. The number of nitrogens with two attached hydrogens (primary N) is 1. The molecule has 78 valence electrons. The van der Waals surface area contributed by atoms with Crippen molar-refractivity contribution in [1.29, 1.82) is 0 Å². The van der Waals surface area contributed by atoms with E-state index in [1.165, 1.54) is 7.11 Å². The van der Waals surface area contributed by atoms with E-state index in [-0.39, 0.29) is 17.3 Å². The Morgan fingerprint density at radius 3 is 2.71 bits per heavy atom. The molecule has 1 rings (SSSR count). The third-order valence-electron chi connectivity index (χ3n) is 1.73. The minimum Gasteiger partial charge on any atom is -0.494 e. The third kappa shape index (κ3) is 1.93. The quantitative estimate of drug-likeness (QED) is 0.853. The zero-order chi connectivity index (χ0) is 10.7. The summed E-state index contributed by atoms with van der Waals surface area (Å²) in [7, 11) is 1.28. The van der Waals surface area contributed by atoms with Gasteiger partial charge in [0.2, 0.25) is 0 Å². The maximum Gasteiger partial charge on any atom is 0.284 e. The second-order valence-corrected chi connectivity index (χ2v) is 2.92. The van der Waals surface area contributed by atoms with Crippen LogP contribution in [-0.4, -0.2) is 12.1 Å². The van der Waals surface area contributed by atoms with Gasteiger partial charge in [0.25, 0.3) is 6.43 Å². The molecule has 6 heteroatoms. The van der Waals surface area contributed by atoms with Crippen LogP contribution in [0.15, 0.2) is 6.20 Å². The molecule has 0 atom stereocenters. The fourth-order valence-corrected chi connectivity index (χ4v) is 1.31. The first-order valence-corrected chi connectivity index (χ1v) is 4.19. The SMILES string of the molecule is COc1c(C(F)F)ncc(Cl)c1CN. The number of alkyl halides is 2. The summed E-state index contributed by atoms with van der Waals surface area (Å²) in [4.78, 5) is 3.49. The largest absolute Gasteiger partial charge is 0.494 e. The Bertz CT molecular complexity index is 333. The van der Waals surface area contributed by atoms with Crippen molar-refractivity contribution in [3.8, 4) is 5.75 Å². The normalized spacial score (nSPS) is 10.7. The van der Waals surface area contributed by atoms with E-state index in [0.29, 0.717) is 5.56 Å². The highest BCUT2D eigenvalue weighted by Crippen LogP contribution is 2.33. The van der Waals surface area contributed by atoms with Crippen LogP contribution in [0.2, 0.25) is 5.02 Å². The van der Waals surface area contributed by atoms with Gasteiger partial charge in [0, 0.05) is 18.3 Å². The molecule has 0 bridgehead atoms. The van der Waals surface area contributed by atoms with Crippen molar-refractivity contribution in [2.24, 2.45) is 5.73 Å². The van der Waals surface area contributed by atoms with Gasteiger partial charge in [-0.25, -0.2) is 13.8 Å². The van der Waals surface area contributed by atoms with Crippen molar-refractivity contribution < 1.29 is 13.5 Å². The average molecular weight is 223 g/mol. The second kappa shape index (κ2) is 4.52. The number of nitrogens with zero attached hydrogens (tertiary/aromatic N) is 1. The molecule has 0 unspecified atom stereocenters. The Morgan fingerprint density at radius 1 is 1.64 bits per heavy atom. The smallest absolute Gasteiger partial charge is 0.284 e. The van der Waals surface area contributed by atoms with Crippen LogP contribution in [0.5, 0.6) is 5.75 Å². The molecule has 0 aromatic carbocycles. The highest BCUT2D eigenvalue weighted by molar-refractivity contribution is 6.31. The monoisotopic (exact) mass is 222 g/mol. The van der Waals surface area contributed by atoms with E-state index in [1.54, 1.807) is 0 Å². The molecule has 0 amide bonds. The summed E-state index contributed by atoms with van der Waals surface area (Å²) < 4.78 is 29.7. The summed E-state index contributed by atoms with van der Waals surface area (Å²) in [6.45, 7) is 0.0320. The fraction of sp³-hybridized carbons (Fsp3) is 0.375. The van der Waals surface area contributed by atoms with Crippen LogP contribution in [-0.2, 0) is 6.54 Å². The van der Waals surface area contributed by atoms with Gasteiger partial charge in [0.1, 0.15) is 5.69 Å². The predicted molar refractivity (Wildman–Crippen MR) is 48.6 cm³/mol. The van der Waals surface area contributed by atoms with Crippen LogP contribution < -0.4 is 10.5 Å². The Kier molecular flexibility index (Phi) is 3.60. The molecule has 1 aromatic heterocycles. The van der Waals surface area contributed by atoms with Gasteiger partial charge in [-0.2, -0.15) is 0 Å². The number of hydrogen-bond donors (Lipinski definition) is 1. The van der Waals surface area contributed by atoms with Crippen LogP contribution in [0, 0.1) is 0 Å². The minimum absolute atomic E-state index is 0.0320. The molecule has 2 N–H and O–H groups in total. The zero-order valence-electron chi connectivity index (χ0n) is 7.43. The lowest BCUT2D eigenvalue weighted by Gasteiger charge is -2.12. The van der Waals surface area contributed by atoms with E-state index in [0.717, 1.165) is 6.20 Å². The molecule has 0 spiro atoms. The van der Waals surface area contributed by atoms with Crippen LogP contribution in [0.4, 0.5) is 8.78 Å². The summed E-state index contributed by atoms with van der Waals surface area (Å²) in [6, 6.07) is 0. The Labute approximate surface area is 84.8 Å². The predicted octanol–water partition coefficient (Wildman–Crippen LogP) is 2.14. The van der Waals surface area contributed by atoms with Gasteiger partial charge < -0.3 is 10.5 Å². The number of ether oxygens (including phenoxy) is 1. The number of pyridine rings is 1. The maximum atomic E-state index is 12.4. The lowest BCUT2D eigenvalue weighted by Crippen LogP contribution is -2.05. The third-order valence-corrected chi connectivity index (χ3v) is 2.05. The van der Waals surface area contributed by atoms with Gasteiger partial charge in [-0.1, -0.05) is 11.6 Å². The first-order chi connectivity index (χ1) is 6.61. The van der Waals surface area contributed by atoms with Gasteiger partial charge in [-0.05, 0) is 0 Å². The molecule has 0 fully saturated rings. The highest BCUT2D eigenvalue weighted by atomic mass is 35.5. The Morgan fingerprint density at radius 2 is 2.29 bits per heavy atom. The van der Waals surface area contributed by atoms with Crippen LogP contribution >= 0.6 is 11.6 Å². The molecular weight excluding hydrogens is 214 g/mol. The second-order valence-electron chi connectivity index (χ2n) is 2.51. The number of aromatic nitrogens is 1. The van der Waals surface area contributed by atoms with Gasteiger partial charge in [-0.3, -0.25) is 0 Å². The van der Waals surface area contributed by atoms with E-state index < -0.39 is 12.1 Å². The minimum atomic E-state index is -2.70. The molecule has 0 aliphatic heterocycles. The van der Waals surface area contributed by atoms with Crippen molar-refractivity contribution in [1.82, 2.24) is 4.98 Å². The lowest BCUT2D eigenvalue weighted by molar-refractivity contribution is 0.141. The number of methoxy groups -OCH3 is 1. The fourth-order valence-electron chi connectivity index (χ4n) is 1.10. The van der Waals surface area contributed by atoms with Gasteiger partial charge >= 0.3 is 0 Å². The number of hydrogen-bond acceptors (Lipinski definition) is 3.